The van der Waals surface area contributed by atoms with E-state index in [-0.39, 0.29) is 43.3 Å². The first-order valence-corrected chi connectivity index (χ1v) is 11.1. The maximum absolute atomic E-state index is 12.6. The van der Waals surface area contributed by atoms with E-state index in [4.69, 9.17) is 28.0 Å². The zero-order valence-electron chi connectivity index (χ0n) is 17.9. The second kappa shape index (κ2) is 16.0. The first-order chi connectivity index (χ1) is 15.4. The van der Waals surface area contributed by atoms with Crippen molar-refractivity contribution < 1.29 is 29.1 Å². The zero-order valence-corrected chi connectivity index (χ0v) is 19.7. The van der Waals surface area contributed by atoms with Crippen molar-refractivity contribution in [3.05, 3.63) is 0 Å². The molecule has 4 atom stereocenters. The Bertz CT molecular complexity index is 734. The van der Waals surface area contributed by atoms with Crippen molar-refractivity contribution in [2.24, 2.45) is 27.9 Å². The number of nitrogens with two attached hydrogens (primary N) is 4. The molecule has 4 unspecified atom stereocenters. The highest BCUT2D eigenvalue weighted by Crippen LogP contribution is 2.03. The van der Waals surface area contributed by atoms with Gasteiger partial charge in [0, 0.05) is 24.5 Å². The van der Waals surface area contributed by atoms with E-state index in [0.29, 0.717) is 6.42 Å². The topological polar surface area (TPSA) is 258 Å². The molecule has 0 saturated heterocycles. The van der Waals surface area contributed by atoms with E-state index in [1.54, 1.807) is 0 Å². The lowest BCUT2D eigenvalue weighted by Gasteiger charge is -2.24. The first-order valence-electron chi connectivity index (χ1n) is 9.87. The molecule has 12 N–H and O–H groups in total. The van der Waals surface area contributed by atoms with E-state index in [1.807, 2.05) is 0 Å². The van der Waals surface area contributed by atoms with Gasteiger partial charge in [0.2, 0.25) is 23.6 Å². The summed E-state index contributed by atoms with van der Waals surface area (Å²) in [6, 6.07) is -4.71. The van der Waals surface area contributed by atoms with Gasteiger partial charge in [0.05, 0.1) is 6.04 Å². The number of primary amides is 1. The van der Waals surface area contributed by atoms with Gasteiger partial charge in [-0.1, -0.05) is 0 Å². The quantitative estimate of drug-likeness (QED) is 0.0421. The Morgan fingerprint density at radius 2 is 1.33 bits per heavy atom. The summed E-state index contributed by atoms with van der Waals surface area (Å²) in [5, 5.41) is 16.1. The molecule has 0 saturated carbocycles. The number of hydrogen-bond donors (Lipinski definition) is 10. The van der Waals surface area contributed by atoms with Crippen LogP contribution in [0.3, 0.4) is 0 Å². The van der Waals surface area contributed by atoms with Gasteiger partial charge in [-0.2, -0.15) is 25.3 Å². The minimum atomic E-state index is -1.33. The SMILES string of the molecule is NC(=O)CCC(NC(=O)C(CS)NC(=O)C(N)CCCN=C(N)N)C(=O)NC(CS)C(=O)O. The normalized spacial score (nSPS) is 14.2. The molecule has 16 heteroatoms. The Kier molecular flexibility index (Phi) is 14.7. The highest BCUT2D eigenvalue weighted by Gasteiger charge is 2.29. The molecule has 4 amide bonds. The number of carboxylic acid groups (broad SMARTS) is 1. The molecule has 14 nitrogen and oxygen atoms in total. The predicted molar refractivity (Wildman–Crippen MR) is 127 cm³/mol. The summed E-state index contributed by atoms with van der Waals surface area (Å²) in [6.07, 6.45) is 0.224. The van der Waals surface area contributed by atoms with Crippen molar-refractivity contribution in [2.75, 3.05) is 18.1 Å². The number of thiol groups is 2. The van der Waals surface area contributed by atoms with E-state index in [0.717, 1.165) is 0 Å². The highest BCUT2D eigenvalue weighted by molar-refractivity contribution is 7.80. The standard InChI is InChI=1S/C17H32N8O6S2/c18-8(2-1-5-22-17(20)21)13(27)24-10(6-32)15(29)23-9(3-4-12(19)26)14(28)25-11(7-33)16(30)31/h8-11,32-33H,1-7,18H2,(H2,19,26)(H,23,29)(H,24,27)(H,25,28)(H,30,31)(H4,20,21,22). The van der Waals surface area contributed by atoms with Gasteiger partial charge in [0.15, 0.2) is 5.96 Å². The van der Waals surface area contributed by atoms with Crippen LogP contribution in [0.15, 0.2) is 4.99 Å². The van der Waals surface area contributed by atoms with Gasteiger partial charge in [-0.25, -0.2) is 4.79 Å². The number of nitrogens with zero attached hydrogens (tertiary/aromatic N) is 1. The van der Waals surface area contributed by atoms with Crippen LogP contribution in [0.4, 0.5) is 0 Å². The lowest BCUT2D eigenvalue weighted by Crippen LogP contribution is -2.58. The van der Waals surface area contributed by atoms with Gasteiger partial charge in [-0.05, 0) is 19.3 Å². The van der Waals surface area contributed by atoms with E-state index in [2.05, 4.69) is 46.2 Å². The Morgan fingerprint density at radius 1 is 0.818 bits per heavy atom. The summed E-state index contributed by atoms with van der Waals surface area (Å²) >= 11 is 7.89. The molecule has 0 aliphatic heterocycles. The summed E-state index contributed by atoms with van der Waals surface area (Å²) in [7, 11) is 0. The van der Waals surface area contributed by atoms with Crippen LogP contribution in [-0.4, -0.2) is 82.9 Å². The second-order valence-corrected chi connectivity index (χ2v) is 7.68. The maximum atomic E-state index is 12.6. The summed E-state index contributed by atoms with van der Waals surface area (Å²) in [5.41, 5.74) is 21.3. The van der Waals surface area contributed by atoms with E-state index in [9.17, 15) is 24.0 Å². The molecule has 0 aliphatic carbocycles. The molecule has 0 aromatic carbocycles. The number of aliphatic imine (C=N–C) groups is 1. The molecule has 0 aromatic heterocycles. The van der Waals surface area contributed by atoms with Crippen molar-refractivity contribution in [2.45, 2.75) is 49.9 Å². The predicted octanol–water partition coefficient (Wildman–Crippen LogP) is -3.97. The van der Waals surface area contributed by atoms with Crippen LogP contribution < -0.4 is 38.9 Å². The van der Waals surface area contributed by atoms with Crippen molar-refractivity contribution in [3.8, 4) is 0 Å². The fourth-order valence-corrected chi connectivity index (χ4v) is 2.91. The lowest BCUT2D eigenvalue weighted by molar-refractivity contribution is -0.141. The van der Waals surface area contributed by atoms with Crippen molar-refractivity contribution in [3.63, 3.8) is 0 Å². The summed E-state index contributed by atoms with van der Waals surface area (Å²) < 4.78 is 0. The number of rotatable bonds is 16. The van der Waals surface area contributed by atoms with Crippen molar-refractivity contribution >= 4 is 60.8 Å². The van der Waals surface area contributed by atoms with Gasteiger partial charge in [0.25, 0.3) is 0 Å². The van der Waals surface area contributed by atoms with Crippen LogP contribution in [-0.2, 0) is 24.0 Å². The molecule has 0 spiro atoms. The Hall–Kier alpha value is -2.72. The lowest BCUT2D eigenvalue weighted by atomic mass is 10.1. The number of carbonyl (C=O) groups is 5. The van der Waals surface area contributed by atoms with E-state index < -0.39 is 53.8 Å². The first kappa shape index (κ1) is 30.3. The molecule has 33 heavy (non-hydrogen) atoms. The largest absolute Gasteiger partial charge is 0.480 e. The smallest absolute Gasteiger partial charge is 0.327 e. The van der Waals surface area contributed by atoms with E-state index in [1.165, 1.54) is 0 Å². The summed E-state index contributed by atoms with van der Waals surface area (Å²) in [6.45, 7) is 0.278. The number of carbonyl (C=O) groups excluding carboxylic acids is 4. The average Bonchev–Trinajstić information content (AvgIpc) is 2.74. The number of hydrogen-bond acceptors (Lipinski definition) is 9. The van der Waals surface area contributed by atoms with Crippen LogP contribution in [0.5, 0.6) is 0 Å². The minimum absolute atomic E-state index is 0.0844. The fourth-order valence-electron chi connectivity index (χ4n) is 2.41. The molecule has 0 rings (SSSR count). The third kappa shape index (κ3) is 12.8. The minimum Gasteiger partial charge on any atom is -0.480 e. The fraction of sp³-hybridized carbons (Fsp3) is 0.647. The van der Waals surface area contributed by atoms with Crippen LogP contribution in [0.25, 0.3) is 0 Å². The van der Waals surface area contributed by atoms with Gasteiger partial charge in [0.1, 0.15) is 18.1 Å². The number of carboxylic acids is 1. The van der Waals surface area contributed by atoms with Gasteiger partial charge < -0.3 is 44.0 Å². The monoisotopic (exact) mass is 508 g/mol. The molecule has 0 aliphatic rings. The van der Waals surface area contributed by atoms with Crippen molar-refractivity contribution in [1.82, 2.24) is 16.0 Å². The third-order valence-electron chi connectivity index (χ3n) is 4.23. The van der Waals surface area contributed by atoms with Crippen LogP contribution in [0.1, 0.15) is 25.7 Å². The number of guanidine groups is 1. The zero-order chi connectivity index (χ0) is 25.6. The molecule has 0 aromatic rings. The van der Waals surface area contributed by atoms with Gasteiger partial charge >= 0.3 is 5.97 Å². The highest BCUT2D eigenvalue weighted by atomic mass is 32.1. The van der Waals surface area contributed by atoms with E-state index >= 15 is 0 Å². The number of nitrogens with one attached hydrogen (secondary N) is 3. The summed E-state index contributed by atoms with van der Waals surface area (Å²) in [5.74, 6) is -4.73. The van der Waals surface area contributed by atoms with Crippen LogP contribution >= 0.6 is 25.3 Å². The molecular weight excluding hydrogens is 476 g/mol. The Labute approximate surface area is 201 Å². The second-order valence-electron chi connectivity index (χ2n) is 6.95. The average molecular weight is 509 g/mol. The molecule has 0 bridgehead atoms. The Morgan fingerprint density at radius 3 is 1.82 bits per heavy atom. The Balaban J connectivity index is 5.10. The number of aliphatic carboxylic acids is 1. The third-order valence-corrected chi connectivity index (χ3v) is 4.96. The molecular formula is C17H32N8O6S2. The van der Waals surface area contributed by atoms with Crippen LogP contribution in [0, 0.1) is 0 Å². The molecule has 188 valence electrons. The number of amides is 4. The van der Waals surface area contributed by atoms with Crippen LogP contribution in [0.2, 0.25) is 0 Å². The van der Waals surface area contributed by atoms with Gasteiger partial charge in [-0.3, -0.25) is 24.2 Å². The van der Waals surface area contributed by atoms with Crippen molar-refractivity contribution in [1.29, 1.82) is 0 Å². The molecule has 0 radical (unpaired) electrons. The summed E-state index contributed by atoms with van der Waals surface area (Å²) in [4.78, 5) is 63.4. The molecule has 0 fully saturated rings. The molecule has 0 heterocycles. The maximum Gasteiger partial charge on any atom is 0.327 e. The van der Waals surface area contributed by atoms with Gasteiger partial charge in [-0.15, -0.1) is 0 Å².